The first-order valence-electron chi connectivity index (χ1n) is 8.77. The van der Waals surface area contributed by atoms with Crippen LogP contribution < -0.4 is 0 Å². The highest BCUT2D eigenvalue weighted by Crippen LogP contribution is 2.41. The first-order valence-corrected chi connectivity index (χ1v) is 8.77. The van der Waals surface area contributed by atoms with Crippen molar-refractivity contribution < 1.29 is 27.5 Å². The van der Waals surface area contributed by atoms with Crippen molar-refractivity contribution in [1.82, 2.24) is 4.90 Å². The van der Waals surface area contributed by atoms with Gasteiger partial charge in [0.05, 0.1) is 10.8 Å². The average molecular weight is 385 g/mol. The second kappa shape index (κ2) is 6.53. The Balaban J connectivity index is 2.08. The number of hydrogen-bond donors (Lipinski definition) is 0. The molecule has 7 heteroatoms. The Kier molecular flexibility index (Phi) is 5.14. The molecule has 2 rings (SSSR count). The zero-order valence-corrected chi connectivity index (χ0v) is 16.5. The van der Waals surface area contributed by atoms with E-state index in [-0.39, 0.29) is 24.4 Å². The third-order valence-electron chi connectivity index (χ3n) is 4.86. The van der Waals surface area contributed by atoms with Crippen molar-refractivity contribution in [2.45, 2.75) is 58.7 Å². The highest BCUT2D eigenvalue weighted by atomic mass is 19.4. The molecule has 27 heavy (non-hydrogen) atoms. The summed E-state index contributed by atoms with van der Waals surface area (Å²) in [5, 5.41) is 0. The minimum absolute atomic E-state index is 0.0979. The molecule has 1 aromatic rings. The van der Waals surface area contributed by atoms with E-state index in [2.05, 4.69) is 0 Å². The number of alkyl halides is 3. The monoisotopic (exact) mass is 385 g/mol. The van der Waals surface area contributed by atoms with Gasteiger partial charge in [0.2, 0.25) is 0 Å². The SMILES string of the molecule is CC(C)(C)OC(=O)N1CC(C)(C(=O)c2ccc(C(C)(C)C(F)(F)F)cc2)C1. The van der Waals surface area contributed by atoms with E-state index < -0.39 is 28.7 Å². The molecule has 0 aromatic heterocycles. The lowest BCUT2D eigenvalue weighted by Gasteiger charge is -2.46. The number of carbonyl (C=O) groups is 2. The summed E-state index contributed by atoms with van der Waals surface area (Å²) in [5.41, 5.74) is -2.95. The van der Waals surface area contributed by atoms with E-state index in [1.54, 1.807) is 27.7 Å². The van der Waals surface area contributed by atoms with Gasteiger partial charge < -0.3 is 9.64 Å². The molecule has 0 unspecified atom stereocenters. The maximum absolute atomic E-state index is 13.2. The summed E-state index contributed by atoms with van der Waals surface area (Å²) in [6, 6.07) is 5.53. The molecule has 1 aliphatic heterocycles. The number of halogens is 3. The maximum Gasteiger partial charge on any atom is 0.410 e. The highest BCUT2D eigenvalue weighted by molar-refractivity contribution is 6.02. The Hall–Kier alpha value is -2.05. The van der Waals surface area contributed by atoms with Crippen LogP contribution in [0.3, 0.4) is 0 Å². The van der Waals surface area contributed by atoms with Crippen molar-refractivity contribution >= 4 is 11.9 Å². The lowest BCUT2D eigenvalue weighted by atomic mass is 9.75. The molecule has 1 amide bonds. The standard InChI is InChI=1S/C20H26F3NO3/c1-17(2,3)27-16(26)24-11-19(6,12-24)15(25)13-7-9-14(10-8-13)18(4,5)20(21,22)23/h7-10H,11-12H2,1-6H3. The number of benzene rings is 1. The Morgan fingerprint density at radius 2 is 1.48 bits per heavy atom. The zero-order chi connectivity index (χ0) is 20.8. The van der Waals surface area contributed by atoms with Gasteiger partial charge in [-0.25, -0.2) is 4.79 Å². The van der Waals surface area contributed by atoms with Crippen molar-refractivity contribution in [3.05, 3.63) is 35.4 Å². The molecule has 0 aliphatic carbocycles. The average Bonchev–Trinajstić information content (AvgIpc) is 2.48. The summed E-state index contributed by atoms with van der Waals surface area (Å²) in [6.07, 6.45) is -4.86. The molecule has 0 saturated carbocycles. The molecule has 0 atom stereocenters. The minimum atomic E-state index is -4.38. The van der Waals surface area contributed by atoms with Gasteiger partial charge in [-0.05, 0) is 47.1 Å². The largest absolute Gasteiger partial charge is 0.444 e. The lowest BCUT2D eigenvalue weighted by molar-refractivity contribution is -0.180. The summed E-state index contributed by atoms with van der Waals surface area (Å²) in [4.78, 5) is 26.2. The molecule has 1 aromatic carbocycles. The number of rotatable bonds is 3. The molecule has 0 N–H and O–H groups in total. The van der Waals surface area contributed by atoms with Gasteiger partial charge >= 0.3 is 12.3 Å². The molecule has 0 bridgehead atoms. The first-order chi connectivity index (χ1) is 12.1. The zero-order valence-electron chi connectivity index (χ0n) is 16.5. The van der Waals surface area contributed by atoms with E-state index >= 15 is 0 Å². The third kappa shape index (κ3) is 4.28. The number of carbonyl (C=O) groups excluding carboxylic acids is 2. The summed E-state index contributed by atoms with van der Waals surface area (Å²) in [5.74, 6) is -0.196. The van der Waals surface area contributed by atoms with Crippen molar-refractivity contribution in [3.8, 4) is 0 Å². The smallest absolute Gasteiger partial charge is 0.410 e. The number of ether oxygens (including phenoxy) is 1. The van der Waals surface area contributed by atoms with Crippen LogP contribution >= 0.6 is 0 Å². The van der Waals surface area contributed by atoms with Gasteiger partial charge in [0.1, 0.15) is 5.60 Å². The fourth-order valence-electron chi connectivity index (χ4n) is 2.95. The fraction of sp³-hybridized carbons (Fsp3) is 0.600. The molecule has 1 aliphatic rings. The van der Waals surface area contributed by atoms with Crippen LogP contribution in [0.1, 0.15) is 57.5 Å². The molecule has 0 radical (unpaired) electrons. The van der Waals surface area contributed by atoms with E-state index in [4.69, 9.17) is 4.74 Å². The van der Waals surface area contributed by atoms with Gasteiger partial charge in [-0.1, -0.05) is 24.3 Å². The molecule has 1 fully saturated rings. The molecule has 1 saturated heterocycles. The van der Waals surface area contributed by atoms with E-state index in [1.165, 1.54) is 29.2 Å². The van der Waals surface area contributed by atoms with Gasteiger partial charge in [0.25, 0.3) is 0 Å². The normalized spacial score (nSPS) is 17.3. The van der Waals surface area contributed by atoms with Crippen LogP contribution in [0, 0.1) is 5.41 Å². The molecule has 0 spiro atoms. The maximum atomic E-state index is 13.2. The highest BCUT2D eigenvalue weighted by Gasteiger charge is 2.50. The summed E-state index contributed by atoms with van der Waals surface area (Å²) >= 11 is 0. The van der Waals surface area contributed by atoms with E-state index in [0.717, 1.165) is 13.8 Å². The van der Waals surface area contributed by atoms with E-state index in [1.807, 2.05) is 0 Å². The Labute approximate surface area is 157 Å². The molecular formula is C20H26F3NO3. The van der Waals surface area contributed by atoms with Crippen LogP contribution in [-0.2, 0) is 10.2 Å². The first kappa shape index (κ1) is 21.3. The lowest BCUT2D eigenvalue weighted by Crippen LogP contribution is -2.61. The Morgan fingerprint density at radius 1 is 1.00 bits per heavy atom. The van der Waals surface area contributed by atoms with Gasteiger partial charge in [-0.2, -0.15) is 13.2 Å². The van der Waals surface area contributed by atoms with Crippen LogP contribution in [-0.4, -0.2) is 41.6 Å². The predicted octanol–water partition coefficient (Wildman–Crippen LogP) is 4.97. The number of likely N-dealkylation sites (tertiary alicyclic amines) is 1. The van der Waals surface area contributed by atoms with E-state index in [0.29, 0.717) is 5.56 Å². The van der Waals surface area contributed by atoms with Crippen LogP contribution in [0.15, 0.2) is 24.3 Å². The van der Waals surface area contributed by atoms with Crippen molar-refractivity contribution in [3.63, 3.8) is 0 Å². The number of amides is 1. The number of hydrogen-bond acceptors (Lipinski definition) is 3. The summed E-state index contributed by atoms with van der Waals surface area (Å²) in [7, 11) is 0. The second-order valence-corrected chi connectivity index (χ2v) is 8.93. The van der Waals surface area contributed by atoms with Crippen LogP contribution in [0.5, 0.6) is 0 Å². The quantitative estimate of drug-likeness (QED) is 0.691. The van der Waals surface area contributed by atoms with Gasteiger partial charge in [-0.3, -0.25) is 4.79 Å². The molecule has 4 nitrogen and oxygen atoms in total. The summed E-state index contributed by atoms with van der Waals surface area (Å²) in [6.45, 7) is 9.68. The van der Waals surface area contributed by atoms with Crippen molar-refractivity contribution in [1.29, 1.82) is 0 Å². The topological polar surface area (TPSA) is 46.6 Å². The number of ketones is 1. The summed E-state index contributed by atoms with van der Waals surface area (Å²) < 4.78 is 44.7. The van der Waals surface area contributed by atoms with E-state index in [9.17, 15) is 22.8 Å². The minimum Gasteiger partial charge on any atom is -0.444 e. The third-order valence-corrected chi connectivity index (χ3v) is 4.86. The Bertz CT molecular complexity index is 724. The van der Waals surface area contributed by atoms with Crippen LogP contribution in [0.25, 0.3) is 0 Å². The predicted molar refractivity (Wildman–Crippen MR) is 95.8 cm³/mol. The number of Topliss-reactive ketones (excluding diaryl/α,β-unsaturated/α-hetero) is 1. The van der Waals surface area contributed by atoms with Crippen molar-refractivity contribution in [2.24, 2.45) is 5.41 Å². The van der Waals surface area contributed by atoms with Gasteiger partial charge in [-0.15, -0.1) is 0 Å². The van der Waals surface area contributed by atoms with Crippen molar-refractivity contribution in [2.75, 3.05) is 13.1 Å². The van der Waals surface area contributed by atoms with Crippen LogP contribution in [0.2, 0.25) is 0 Å². The Morgan fingerprint density at radius 3 is 1.89 bits per heavy atom. The molecule has 150 valence electrons. The second-order valence-electron chi connectivity index (χ2n) is 8.93. The van der Waals surface area contributed by atoms with Gasteiger partial charge in [0, 0.05) is 18.7 Å². The molecular weight excluding hydrogens is 359 g/mol. The van der Waals surface area contributed by atoms with Gasteiger partial charge in [0.15, 0.2) is 5.78 Å². The van der Waals surface area contributed by atoms with Crippen LogP contribution in [0.4, 0.5) is 18.0 Å². The number of nitrogens with zero attached hydrogens (tertiary/aromatic N) is 1. The fourth-order valence-corrected chi connectivity index (χ4v) is 2.95. The molecule has 1 heterocycles.